The van der Waals surface area contributed by atoms with Crippen LogP contribution in [0.25, 0.3) is 10.1 Å². The van der Waals surface area contributed by atoms with Crippen molar-refractivity contribution in [2.24, 2.45) is 5.73 Å². The number of nitrogens with two attached hydrogens (primary N) is 1. The zero-order valence-electron chi connectivity index (χ0n) is 17.1. The summed E-state index contributed by atoms with van der Waals surface area (Å²) in [5.41, 5.74) is 8.00. The van der Waals surface area contributed by atoms with Crippen LogP contribution in [0.15, 0.2) is 76.6 Å². The highest BCUT2D eigenvalue weighted by atomic mass is 79.9. The van der Waals surface area contributed by atoms with Gasteiger partial charge in [-0.2, -0.15) is 5.26 Å². The number of esters is 1. The molecule has 0 aliphatic carbocycles. The van der Waals surface area contributed by atoms with Gasteiger partial charge in [-0.1, -0.05) is 63.4 Å². The summed E-state index contributed by atoms with van der Waals surface area (Å²) in [6, 6.07) is 20.0. The minimum atomic E-state index is -0.595. The number of carbonyl (C=O) groups is 1. The summed E-state index contributed by atoms with van der Waals surface area (Å²) in [6.07, 6.45) is 0. The van der Waals surface area contributed by atoms with E-state index in [1.165, 1.54) is 11.3 Å². The van der Waals surface area contributed by atoms with Crippen LogP contribution >= 0.6 is 50.5 Å². The molecule has 2 N–H and O–H groups in total. The summed E-state index contributed by atoms with van der Waals surface area (Å²) in [6.45, 7) is 0. The molecule has 0 spiro atoms. The Kier molecular flexibility index (Phi) is 6.00. The Bertz CT molecular complexity index is 1560. The Morgan fingerprint density at radius 3 is 2.74 bits per heavy atom. The molecule has 0 amide bonds. The average molecular weight is 572 g/mol. The molecule has 1 unspecified atom stereocenters. The molecular formula is C25H13BrCl2N2O3S. The molecule has 4 aromatic rings. The van der Waals surface area contributed by atoms with Crippen molar-refractivity contribution in [3.8, 4) is 17.6 Å². The van der Waals surface area contributed by atoms with Crippen LogP contribution < -0.4 is 15.2 Å². The molecule has 5 nitrogen and oxygen atoms in total. The Morgan fingerprint density at radius 2 is 1.97 bits per heavy atom. The molecule has 1 aliphatic rings. The normalized spacial score (nSPS) is 14.9. The largest absolute Gasteiger partial charge is 0.440 e. The van der Waals surface area contributed by atoms with Crippen LogP contribution in [-0.2, 0) is 0 Å². The summed E-state index contributed by atoms with van der Waals surface area (Å²) >= 11 is 17.2. The molecular weight excluding hydrogens is 559 g/mol. The highest BCUT2D eigenvalue weighted by molar-refractivity contribution is 9.10. The molecule has 1 aliphatic heterocycles. The second-order valence-electron chi connectivity index (χ2n) is 7.45. The number of ether oxygens (including phenoxy) is 2. The van der Waals surface area contributed by atoms with E-state index in [-0.39, 0.29) is 16.5 Å². The fourth-order valence-corrected chi connectivity index (χ4v) is 5.93. The Hall–Kier alpha value is -3.02. The van der Waals surface area contributed by atoms with Gasteiger partial charge in [0, 0.05) is 31.2 Å². The molecule has 1 aromatic heterocycles. The van der Waals surface area contributed by atoms with Crippen LogP contribution in [0.1, 0.15) is 26.7 Å². The van der Waals surface area contributed by atoms with Crippen molar-refractivity contribution in [1.29, 1.82) is 5.26 Å². The van der Waals surface area contributed by atoms with E-state index in [9.17, 15) is 10.1 Å². The molecule has 34 heavy (non-hydrogen) atoms. The summed E-state index contributed by atoms with van der Waals surface area (Å²) in [7, 11) is 0. The third-order valence-electron chi connectivity index (χ3n) is 5.36. The molecule has 3 aromatic carbocycles. The number of carbonyl (C=O) groups excluding carboxylic acids is 1. The first-order valence-corrected chi connectivity index (χ1v) is 12.3. The number of hydrogen-bond donors (Lipinski definition) is 1. The summed E-state index contributed by atoms with van der Waals surface area (Å²) in [5, 5.41) is 11.3. The molecule has 1 atom stereocenters. The van der Waals surface area contributed by atoms with Crippen LogP contribution in [0.2, 0.25) is 10.0 Å². The van der Waals surface area contributed by atoms with Gasteiger partial charge in [-0.3, -0.25) is 0 Å². The van der Waals surface area contributed by atoms with E-state index in [0.717, 1.165) is 25.7 Å². The second-order valence-corrected chi connectivity index (χ2v) is 10.2. The minimum Gasteiger partial charge on any atom is -0.440 e. The third kappa shape index (κ3) is 4.04. The summed E-state index contributed by atoms with van der Waals surface area (Å²) < 4.78 is 13.0. The highest BCUT2D eigenvalue weighted by Crippen LogP contribution is 2.44. The van der Waals surface area contributed by atoms with Gasteiger partial charge in [0.25, 0.3) is 0 Å². The van der Waals surface area contributed by atoms with Crippen molar-refractivity contribution < 1.29 is 14.3 Å². The van der Waals surface area contributed by atoms with Crippen molar-refractivity contribution in [2.45, 2.75) is 5.92 Å². The number of hydrogen-bond acceptors (Lipinski definition) is 6. The van der Waals surface area contributed by atoms with Crippen molar-refractivity contribution in [3.05, 3.63) is 103 Å². The van der Waals surface area contributed by atoms with E-state index >= 15 is 0 Å². The number of nitrogens with zero attached hydrogens (tertiary/aromatic N) is 1. The fraction of sp³-hybridized carbons (Fsp3) is 0.0400. The molecule has 0 radical (unpaired) electrons. The van der Waals surface area contributed by atoms with E-state index in [4.69, 9.17) is 38.4 Å². The van der Waals surface area contributed by atoms with E-state index < -0.39 is 11.9 Å². The van der Waals surface area contributed by atoms with Crippen molar-refractivity contribution in [2.75, 3.05) is 0 Å². The first kappa shape index (κ1) is 22.8. The minimum absolute atomic E-state index is 0.00730. The maximum absolute atomic E-state index is 12.9. The number of rotatable bonds is 3. The zero-order chi connectivity index (χ0) is 24.0. The standard InChI is InChI=1S/C25H13BrCl2N2O3S/c26-13-3-1-2-12(8-13)21-16-7-5-15(10-19(16)33-24(30)18(21)11-29)32-25(31)23-22(28)17-6-4-14(27)9-20(17)34-23/h1-10,21H,30H2. The topological polar surface area (TPSA) is 85.3 Å². The first-order chi connectivity index (χ1) is 16.4. The summed E-state index contributed by atoms with van der Waals surface area (Å²) in [4.78, 5) is 13.2. The van der Waals surface area contributed by atoms with Crippen LogP contribution in [-0.4, -0.2) is 5.97 Å². The van der Waals surface area contributed by atoms with Crippen molar-refractivity contribution in [1.82, 2.24) is 0 Å². The lowest BCUT2D eigenvalue weighted by Crippen LogP contribution is -2.21. The number of nitriles is 1. The van der Waals surface area contributed by atoms with Crippen LogP contribution in [0.4, 0.5) is 0 Å². The molecule has 0 bridgehead atoms. The highest BCUT2D eigenvalue weighted by Gasteiger charge is 2.31. The molecule has 2 heterocycles. The zero-order valence-corrected chi connectivity index (χ0v) is 21.1. The average Bonchev–Trinajstić information content (AvgIpc) is 3.13. The van der Waals surface area contributed by atoms with Gasteiger partial charge in [-0.05, 0) is 35.9 Å². The SMILES string of the molecule is N#CC1=C(N)Oc2cc(OC(=O)c3sc4cc(Cl)ccc4c3Cl)ccc2C1c1cccc(Br)c1. The number of thiophene rings is 1. The molecule has 5 rings (SSSR count). The lowest BCUT2D eigenvalue weighted by atomic mass is 9.83. The number of fused-ring (bicyclic) bond motifs is 2. The van der Waals surface area contributed by atoms with Gasteiger partial charge in [0.05, 0.1) is 10.9 Å². The van der Waals surface area contributed by atoms with Crippen LogP contribution in [0.3, 0.4) is 0 Å². The van der Waals surface area contributed by atoms with Gasteiger partial charge in [-0.15, -0.1) is 11.3 Å². The Labute approximate surface area is 217 Å². The third-order valence-corrected chi connectivity index (χ3v) is 7.73. The Morgan fingerprint density at radius 1 is 1.15 bits per heavy atom. The predicted octanol–water partition coefficient (Wildman–Crippen LogP) is 7.41. The van der Waals surface area contributed by atoms with Gasteiger partial charge in [0.15, 0.2) is 0 Å². The molecule has 0 fully saturated rings. The molecule has 0 saturated heterocycles. The lowest BCUT2D eigenvalue weighted by Gasteiger charge is -2.26. The van der Waals surface area contributed by atoms with Gasteiger partial charge >= 0.3 is 5.97 Å². The number of allylic oxidation sites excluding steroid dienone is 1. The van der Waals surface area contributed by atoms with E-state index in [0.29, 0.717) is 21.4 Å². The van der Waals surface area contributed by atoms with Gasteiger partial charge < -0.3 is 15.2 Å². The first-order valence-electron chi connectivity index (χ1n) is 9.92. The van der Waals surface area contributed by atoms with Crippen LogP contribution in [0.5, 0.6) is 11.5 Å². The van der Waals surface area contributed by atoms with Gasteiger partial charge in [-0.25, -0.2) is 4.79 Å². The predicted molar refractivity (Wildman–Crippen MR) is 137 cm³/mol. The van der Waals surface area contributed by atoms with Crippen LogP contribution in [0, 0.1) is 11.3 Å². The van der Waals surface area contributed by atoms with Crippen molar-refractivity contribution >= 4 is 66.5 Å². The van der Waals surface area contributed by atoms with E-state index in [2.05, 4.69) is 22.0 Å². The molecule has 168 valence electrons. The fourth-order valence-electron chi connectivity index (χ4n) is 3.85. The van der Waals surface area contributed by atoms with E-state index in [1.54, 1.807) is 36.4 Å². The maximum atomic E-state index is 12.9. The lowest BCUT2D eigenvalue weighted by molar-refractivity contribution is 0.0740. The maximum Gasteiger partial charge on any atom is 0.355 e. The van der Waals surface area contributed by atoms with E-state index in [1.807, 2.05) is 24.3 Å². The molecule has 0 saturated carbocycles. The second kappa shape index (κ2) is 8.97. The quantitative estimate of drug-likeness (QED) is 0.204. The van der Waals surface area contributed by atoms with Gasteiger partial charge in [0.1, 0.15) is 28.0 Å². The Balaban J connectivity index is 1.49. The summed E-state index contributed by atoms with van der Waals surface area (Å²) in [5.74, 6) is -0.342. The monoisotopic (exact) mass is 570 g/mol. The van der Waals surface area contributed by atoms with Crippen molar-refractivity contribution in [3.63, 3.8) is 0 Å². The number of halogens is 3. The smallest absolute Gasteiger partial charge is 0.355 e. The molecule has 9 heteroatoms. The van der Waals surface area contributed by atoms with Gasteiger partial charge in [0.2, 0.25) is 5.88 Å². The number of benzene rings is 3.